The maximum Gasteiger partial charge on any atom is 0.417 e. The van der Waals surface area contributed by atoms with Gasteiger partial charge in [-0.1, -0.05) is 13.0 Å². The Hall–Kier alpha value is -3.28. The van der Waals surface area contributed by atoms with Crippen LogP contribution in [-0.2, 0) is 9.53 Å². The number of rotatable bonds is 6. The Kier molecular flexibility index (Phi) is 6.83. The van der Waals surface area contributed by atoms with Crippen LogP contribution in [0, 0.1) is 17.6 Å². The Balaban J connectivity index is 2.09. The summed E-state index contributed by atoms with van der Waals surface area (Å²) in [6, 6.07) is 4.26. The van der Waals surface area contributed by atoms with Gasteiger partial charge in [0.15, 0.2) is 17.2 Å². The van der Waals surface area contributed by atoms with Gasteiger partial charge in [-0.25, -0.2) is 4.39 Å². The van der Waals surface area contributed by atoms with Crippen molar-refractivity contribution in [2.45, 2.75) is 44.6 Å². The lowest BCUT2D eigenvalue weighted by molar-refractivity contribution is -0.272. The van der Waals surface area contributed by atoms with E-state index in [-0.39, 0.29) is 23.6 Å². The summed E-state index contributed by atoms with van der Waals surface area (Å²) in [5.41, 5.74) is 2.07. The Labute approximate surface area is 191 Å². The molecule has 3 rings (SSSR count). The highest BCUT2D eigenvalue weighted by Crippen LogP contribution is 2.55. The van der Waals surface area contributed by atoms with E-state index in [0.29, 0.717) is 0 Å². The Morgan fingerprint density at radius 2 is 1.94 bits per heavy atom. The number of ether oxygens (including phenoxy) is 2. The predicted octanol–water partition coefficient (Wildman–Crippen LogP) is 3.94. The number of hydrogen-bond donors (Lipinski definition) is 2. The zero-order valence-corrected chi connectivity index (χ0v) is 18.4. The topological polar surface area (TPSA) is 104 Å². The lowest BCUT2D eigenvalue weighted by atomic mass is 9.77. The van der Waals surface area contributed by atoms with E-state index in [1.807, 2.05) is 0 Å². The average molecular weight is 487 g/mol. The molecular formula is C22H22F5N3O4. The molecule has 0 bridgehead atoms. The van der Waals surface area contributed by atoms with Crippen LogP contribution < -0.4 is 15.8 Å². The monoisotopic (exact) mass is 487 g/mol. The number of nitrogens with zero attached hydrogens (tertiary/aromatic N) is 1. The van der Waals surface area contributed by atoms with Gasteiger partial charge in [-0.2, -0.15) is 17.6 Å². The van der Waals surface area contributed by atoms with Crippen molar-refractivity contribution in [2.24, 2.45) is 11.7 Å². The largest absolute Gasteiger partial charge is 0.490 e. The standard InChI is InChI=1S/C22H22F5N3O4/c1-4-33-17-12(5-6-13(23)16(17)24)15-10(2)21(3,22(25,26)27)34-18(15)20(32)30-11-7-8-29-14(9-11)19(28)31/h5-10,15,18H,4H2,1-3H3,(H2,28,31)(H,29,30,32). The minimum Gasteiger partial charge on any atom is -0.490 e. The number of pyridine rings is 1. The molecule has 4 atom stereocenters. The summed E-state index contributed by atoms with van der Waals surface area (Å²) in [6.07, 6.45) is -5.48. The van der Waals surface area contributed by atoms with Gasteiger partial charge in [-0.15, -0.1) is 0 Å². The molecule has 0 saturated carbocycles. The number of halogens is 5. The number of benzene rings is 1. The van der Waals surface area contributed by atoms with Crippen molar-refractivity contribution < 1.29 is 41.0 Å². The molecule has 7 nitrogen and oxygen atoms in total. The van der Waals surface area contributed by atoms with Gasteiger partial charge < -0.3 is 20.5 Å². The van der Waals surface area contributed by atoms with Gasteiger partial charge in [0.2, 0.25) is 5.82 Å². The number of hydrogen-bond acceptors (Lipinski definition) is 5. The van der Waals surface area contributed by atoms with Crippen LogP contribution in [0.3, 0.4) is 0 Å². The van der Waals surface area contributed by atoms with E-state index >= 15 is 0 Å². The molecule has 0 aliphatic carbocycles. The first-order valence-corrected chi connectivity index (χ1v) is 10.2. The van der Waals surface area contributed by atoms with Gasteiger partial charge in [-0.3, -0.25) is 14.6 Å². The second-order valence-corrected chi connectivity index (χ2v) is 7.95. The molecule has 1 aliphatic rings. The summed E-state index contributed by atoms with van der Waals surface area (Å²) in [7, 11) is 0. The number of nitrogens with one attached hydrogen (secondary N) is 1. The molecule has 1 aromatic heterocycles. The van der Waals surface area contributed by atoms with Gasteiger partial charge in [0.25, 0.3) is 11.8 Å². The first kappa shape index (κ1) is 25.3. The molecule has 34 heavy (non-hydrogen) atoms. The van der Waals surface area contributed by atoms with E-state index in [0.717, 1.165) is 25.1 Å². The van der Waals surface area contributed by atoms with Crippen molar-refractivity contribution in [3.8, 4) is 5.75 Å². The average Bonchev–Trinajstić information content (AvgIpc) is 3.04. The molecule has 2 aromatic rings. The fourth-order valence-corrected chi connectivity index (χ4v) is 3.98. The zero-order valence-electron chi connectivity index (χ0n) is 18.4. The number of carbonyl (C=O) groups is 2. The van der Waals surface area contributed by atoms with Crippen LogP contribution in [0.25, 0.3) is 0 Å². The molecule has 1 fully saturated rings. The van der Waals surface area contributed by atoms with Crippen LogP contribution in [-0.4, -0.2) is 41.3 Å². The molecule has 1 aliphatic heterocycles. The number of nitrogens with two attached hydrogens (primary N) is 1. The highest BCUT2D eigenvalue weighted by molar-refractivity contribution is 5.97. The summed E-state index contributed by atoms with van der Waals surface area (Å²) in [5, 5.41) is 2.38. The van der Waals surface area contributed by atoms with E-state index in [1.54, 1.807) is 0 Å². The number of carbonyl (C=O) groups excluding carboxylic acids is 2. The number of alkyl halides is 3. The van der Waals surface area contributed by atoms with Gasteiger partial charge in [0.1, 0.15) is 11.8 Å². The number of anilines is 1. The third-order valence-corrected chi connectivity index (χ3v) is 5.93. The molecule has 184 valence electrons. The molecule has 0 radical (unpaired) electrons. The lowest BCUT2D eigenvalue weighted by Gasteiger charge is -2.32. The summed E-state index contributed by atoms with van der Waals surface area (Å²) >= 11 is 0. The van der Waals surface area contributed by atoms with E-state index in [9.17, 15) is 31.5 Å². The molecule has 0 spiro atoms. The third kappa shape index (κ3) is 4.41. The molecular weight excluding hydrogens is 465 g/mol. The van der Waals surface area contributed by atoms with Gasteiger partial charge in [0.05, 0.1) is 6.61 Å². The summed E-state index contributed by atoms with van der Waals surface area (Å²) < 4.78 is 80.9. The molecule has 1 saturated heterocycles. The quantitative estimate of drug-likeness (QED) is 0.601. The molecule has 12 heteroatoms. The summed E-state index contributed by atoms with van der Waals surface area (Å²) in [5.74, 6) is -7.87. The first-order valence-electron chi connectivity index (χ1n) is 10.2. The second kappa shape index (κ2) is 9.16. The Morgan fingerprint density at radius 1 is 1.26 bits per heavy atom. The highest BCUT2D eigenvalue weighted by Gasteiger charge is 2.65. The second-order valence-electron chi connectivity index (χ2n) is 7.95. The van der Waals surface area contributed by atoms with Crippen LogP contribution in [0.2, 0.25) is 0 Å². The van der Waals surface area contributed by atoms with Crippen LogP contribution in [0.1, 0.15) is 42.7 Å². The highest BCUT2D eigenvalue weighted by atomic mass is 19.4. The fourth-order valence-electron chi connectivity index (χ4n) is 3.98. The van der Waals surface area contributed by atoms with Crippen LogP contribution >= 0.6 is 0 Å². The van der Waals surface area contributed by atoms with Gasteiger partial charge in [0, 0.05) is 29.3 Å². The van der Waals surface area contributed by atoms with E-state index in [1.165, 1.54) is 26.1 Å². The van der Waals surface area contributed by atoms with Crippen molar-refractivity contribution >= 4 is 17.5 Å². The SMILES string of the molecule is CCOc1c(C2C(C(=O)Nc3ccnc(C(N)=O)c3)OC(C)(C(F)(F)F)C2C)ccc(F)c1F. The number of primary amides is 1. The minimum absolute atomic E-state index is 0.0275. The minimum atomic E-state index is -4.89. The zero-order chi connectivity index (χ0) is 25.4. The van der Waals surface area contributed by atoms with Crippen molar-refractivity contribution in [2.75, 3.05) is 11.9 Å². The van der Waals surface area contributed by atoms with Gasteiger partial charge in [-0.05, 0) is 32.0 Å². The first-order chi connectivity index (χ1) is 15.8. The Bertz CT molecular complexity index is 1110. The lowest BCUT2D eigenvalue weighted by Crippen LogP contribution is -2.47. The summed E-state index contributed by atoms with van der Waals surface area (Å²) in [4.78, 5) is 28.2. The maximum atomic E-state index is 14.5. The van der Waals surface area contributed by atoms with E-state index in [4.69, 9.17) is 15.2 Å². The molecule has 2 amide bonds. The van der Waals surface area contributed by atoms with Crippen LogP contribution in [0.4, 0.5) is 27.6 Å². The number of aromatic nitrogens is 1. The van der Waals surface area contributed by atoms with E-state index in [2.05, 4.69) is 10.3 Å². The fraction of sp³-hybridized carbons (Fsp3) is 0.409. The van der Waals surface area contributed by atoms with Crippen molar-refractivity contribution in [3.63, 3.8) is 0 Å². The van der Waals surface area contributed by atoms with Crippen LogP contribution in [0.5, 0.6) is 5.75 Å². The van der Waals surface area contributed by atoms with Gasteiger partial charge >= 0.3 is 6.18 Å². The third-order valence-electron chi connectivity index (χ3n) is 5.93. The maximum absolute atomic E-state index is 14.5. The Morgan fingerprint density at radius 3 is 2.53 bits per heavy atom. The van der Waals surface area contributed by atoms with E-state index < -0.39 is 58.9 Å². The molecule has 1 aromatic carbocycles. The number of amides is 2. The predicted molar refractivity (Wildman–Crippen MR) is 110 cm³/mol. The van der Waals surface area contributed by atoms with Crippen molar-refractivity contribution in [1.29, 1.82) is 0 Å². The molecule has 4 unspecified atom stereocenters. The van der Waals surface area contributed by atoms with Crippen molar-refractivity contribution in [1.82, 2.24) is 4.98 Å². The van der Waals surface area contributed by atoms with Crippen molar-refractivity contribution in [3.05, 3.63) is 53.4 Å². The normalized spacial score (nSPS) is 24.6. The molecule has 3 N–H and O–H groups in total. The molecule has 2 heterocycles. The summed E-state index contributed by atoms with van der Waals surface area (Å²) in [6.45, 7) is 3.39. The van der Waals surface area contributed by atoms with Crippen LogP contribution in [0.15, 0.2) is 30.5 Å². The smallest absolute Gasteiger partial charge is 0.417 e.